The van der Waals surface area contributed by atoms with E-state index < -0.39 is 21.7 Å². The first-order valence-electron chi connectivity index (χ1n) is 11.2. The molecule has 0 radical (unpaired) electrons. The molecule has 0 aliphatic carbocycles. The number of hydrogen-bond acceptors (Lipinski definition) is 4. The maximum absolute atomic E-state index is 14.0. The molecule has 0 spiro atoms. The van der Waals surface area contributed by atoms with Gasteiger partial charge in [0, 0.05) is 13.1 Å². The second-order valence-electron chi connectivity index (χ2n) is 8.33. The Balaban J connectivity index is 1.49. The number of hydrogen-bond donors (Lipinski definition) is 1. The van der Waals surface area contributed by atoms with Crippen molar-refractivity contribution in [2.75, 3.05) is 25.5 Å². The van der Waals surface area contributed by atoms with Gasteiger partial charge in [0.05, 0.1) is 23.3 Å². The molecule has 6 nitrogen and oxygen atoms in total. The van der Waals surface area contributed by atoms with E-state index in [1.165, 1.54) is 53.4 Å². The van der Waals surface area contributed by atoms with E-state index in [2.05, 4.69) is 17.4 Å². The number of anilines is 1. The number of amides is 1. The van der Waals surface area contributed by atoms with Crippen LogP contribution in [0.15, 0.2) is 77.7 Å². The number of ether oxygens (including phenoxy) is 1. The van der Waals surface area contributed by atoms with Crippen LogP contribution in [0.4, 0.5) is 10.1 Å². The molecule has 1 aliphatic rings. The van der Waals surface area contributed by atoms with Gasteiger partial charge in [-0.2, -0.15) is 4.31 Å². The van der Waals surface area contributed by atoms with Gasteiger partial charge in [-0.25, -0.2) is 12.8 Å². The maximum Gasteiger partial charge on any atom is 0.258 e. The van der Waals surface area contributed by atoms with Gasteiger partial charge in [-0.05, 0) is 61.1 Å². The second kappa shape index (κ2) is 10.4. The number of piperidine rings is 1. The zero-order valence-electron chi connectivity index (χ0n) is 18.9. The Bertz CT molecular complexity index is 1260. The first-order chi connectivity index (χ1) is 16.4. The van der Waals surface area contributed by atoms with Gasteiger partial charge in [-0.3, -0.25) is 4.79 Å². The van der Waals surface area contributed by atoms with E-state index >= 15 is 0 Å². The van der Waals surface area contributed by atoms with Crippen molar-refractivity contribution in [2.45, 2.75) is 24.2 Å². The molecule has 0 atom stereocenters. The smallest absolute Gasteiger partial charge is 0.258 e. The minimum Gasteiger partial charge on any atom is -0.495 e. The van der Waals surface area contributed by atoms with Crippen LogP contribution in [0.1, 0.15) is 28.8 Å². The Hall–Kier alpha value is -3.23. The third kappa shape index (κ3) is 5.29. The third-order valence-electron chi connectivity index (χ3n) is 6.12. The summed E-state index contributed by atoms with van der Waals surface area (Å²) in [5.74, 6) is -0.640. The summed E-state index contributed by atoms with van der Waals surface area (Å²) in [4.78, 5) is 12.6. The van der Waals surface area contributed by atoms with Crippen molar-refractivity contribution in [3.8, 4) is 5.75 Å². The first-order valence-corrected chi connectivity index (χ1v) is 12.6. The fourth-order valence-electron chi connectivity index (χ4n) is 4.23. The quantitative estimate of drug-likeness (QED) is 0.528. The number of methoxy groups -OCH3 is 1. The topological polar surface area (TPSA) is 75.7 Å². The monoisotopic (exact) mass is 482 g/mol. The van der Waals surface area contributed by atoms with Crippen molar-refractivity contribution < 1.29 is 22.3 Å². The predicted molar refractivity (Wildman–Crippen MR) is 129 cm³/mol. The average molecular weight is 483 g/mol. The lowest BCUT2D eigenvalue weighted by Gasteiger charge is -2.31. The number of halogens is 1. The fraction of sp³-hybridized carbons (Fsp3) is 0.269. The first kappa shape index (κ1) is 23.9. The Labute approximate surface area is 199 Å². The number of nitrogens with zero attached hydrogens (tertiary/aromatic N) is 1. The van der Waals surface area contributed by atoms with Gasteiger partial charge in [0.1, 0.15) is 11.6 Å². The van der Waals surface area contributed by atoms with Crippen molar-refractivity contribution in [3.63, 3.8) is 0 Å². The Morgan fingerprint density at radius 3 is 2.38 bits per heavy atom. The van der Waals surface area contributed by atoms with E-state index in [9.17, 15) is 17.6 Å². The van der Waals surface area contributed by atoms with E-state index in [-0.39, 0.29) is 21.9 Å². The van der Waals surface area contributed by atoms with E-state index in [4.69, 9.17) is 4.74 Å². The molecule has 8 heteroatoms. The number of benzene rings is 3. The van der Waals surface area contributed by atoms with Crippen LogP contribution in [0, 0.1) is 11.7 Å². The Morgan fingerprint density at radius 1 is 1.03 bits per heavy atom. The van der Waals surface area contributed by atoms with Crippen LogP contribution in [-0.2, 0) is 16.4 Å². The van der Waals surface area contributed by atoms with Crippen LogP contribution in [0.5, 0.6) is 5.75 Å². The molecule has 0 aromatic heterocycles. The molecule has 1 N–H and O–H groups in total. The molecule has 1 heterocycles. The zero-order valence-corrected chi connectivity index (χ0v) is 19.7. The van der Waals surface area contributed by atoms with E-state index in [0.29, 0.717) is 19.0 Å². The van der Waals surface area contributed by atoms with Crippen LogP contribution in [0.2, 0.25) is 0 Å². The summed E-state index contributed by atoms with van der Waals surface area (Å²) in [6.07, 6.45) is 2.49. The highest BCUT2D eigenvalue weighted by atomic mass is 32.2. The van der Waals surface area contributed by atoms with Gasteiger partial charge in [0.15, 0.2) is 0 Å². The Morgan fingerprint density at radius 2 is 1.71 bits per heavy atom. The number of sulfonamides is 1. The van der Waals surface area contributed by atoms with Crippen molar-refractivity contribution in [2.24, 2.45) is 5.92 Å². The largest absolute Gasteiger partial charge is 0.495 e. The molecule has 0 saturated carbocycles. The molecule has 3 aromatic rings. The molecular formula is C26H27FN2O4S. The SMILES string of the molecule is COc1ccc(S(=O)(=O)N2CCC(Cc3ccccc3)CC2)cc1NC(=O)c1ccccc1F. The lowest BCUT2D eigenvalue weighted by atomic mass is 9.91. The van der Waals surface area contributed by atoms with E-state index in [1.807, 2.05) is 18.2 Å². The van der Waals surface area contributed by atoms with Crippen molar-refractivity contribution in [1.29, 1.82) is 0 Å². The number of nitrogens with one attached hydrogen (secondary N) is 1. The molecule has 178 valence electrons. The molecule has 0 bridgehead atoms. The molecular weight excluding hydrogens is 455 g/mol. The van der Waals surface area contributed by atoms with Crippen molar-refractivity contribution in [1.82, 2.24) is 4.31 Å². The minimum atomic E-state index is -3.76. The second-order valence-corrected chi connectivity index (χ2v) is 10.3. The van der Waals surface area contributed by atoms with Gasteiger partial charge >= 0.3 is 0 Å². The summed E-state index contributed by atoms with van der Waals surface area (Å²) in [5, 5.41) is 2.58. The average Bonchev–Trinajstić information content (AvgIpc) is 2.85. The van der Waals surface area contributed by atoms with Gasteiger partial charge in [-0.1, -0.05) is 42.5 Å². The zero-order chi connectivity index (χ0) is 24.1. The molecule has 1 saturated heterocycles. The lowest BCUT2D eigenvalue weighted by Crippen LogP contribution is -2.38. The molecule has 4 rings (SSSR count). The highest BCUT2D eigenvalue weighted by Crippen LogP contribution is 2.31. The predicted octanol–water partition coefficient (Wildman–Crippen LogP) is 4.73. The molecule has 1 fully saturated rings. The summed E-state index contributed by atoms with van der Waals surface area (Å²) >= 11 is 0. The highest BCUT2D eigenvalue weighted by molar-refractivity contribution is 7.89. The van der Waals surface area contributed by atoms with Crippen LogP contribution in [0.3, 0.4) is 0 Å². The number of carbonyl (C=O) groups is 1. The summed E-state index contributed by atoms with van der Waals surface area (Å²) in [6.45, 7) is 0.867. The van der Waals surface area contributed by atoms with E-state index in [0.717, 1.165) is 19.3 Å². The van der Waals surface area contributed by atoms with Crippen molar-refractivity contribution >= 4 is 21.6 Å². The van der Waals surface area contributed by atoms with Crippen LogP contribution >= 0.6 is 0 Å². The summed E-state index contributed by atoms with van der Waals surface area (Å²) < 4.78 is 47.4. The van der Waals surface area contributed by atoms with Gasteiger partial charge in [0.25, 0.3) is 5.91 Å². The molecule has 34 heavy (non-hydrogen) atoms. The lowest BCUT2D eigenvalue weighted by molar-refractivity contribution is 0.102. The molecule has 1 aliphatic heterocycles. The number of rotatable bonds is 7. The summed E-state index contributed by atoms with van der Waals surface area (Å²) in [5.41, 5.74) is 1.28. The molecule has 3 aromatic carbocycles. The highest BCUT2D eigenvalue weighted by Gasteiger charge is 2.30. The molecule has 1 amide bonds. The Kier molecular flexibility index (Phi) is 7.29. The normalized spacial score (nSPS) is 15.1. The van der Waals surface area contributed by atoms with Gasteiger partial charge < -0.3 is 10.1 Å². The van der Waals surface area contributed by atoms with Crippen molar-refractivity contribution in [3.05, 3.63) is 89.7 Å². The third-order valence-corrected chi connectivity index (χ3v) is 8.01. The van der Waals surface area contributed by atoms with Crippen LogP contribution in [0.25, 0.3) is 0 Å². The standard InChI is InChI=1S/C26H27FN2O4S/c1-33-25-12-11-21(18-24(25)28-26(30)22-9-5-6-10-23(22)27)34(31,32)29-15-13-20(14-16-29)17-19-7-3-2-4-8-19/h2-12,18,20H,13-17H2,1H3,(H,28,30). The fourth-order valence-corrected chi connectivity index (χ4v) is 5.73. The number of carbonyl (C=O) groups excluding carboxylic acids is 1. The summed E-state index contributed by atoms with van der Waals surface area (Å²) in [6, 6.07) is 20.1. The van der Waals surface area contributed by atoms with Crippen LogP contribution in [-0.4, -0.2) is 38.8 Å². The summed E-state index contributed by atoms with van der Waals surface area (Å²) in [7, 11) is -2.35. The van der Waals surface area contributed by atoms with Crippen LogP contribution < -0.4 is 10.1 Å². The maximum atomic E-state index is 14.0. The minimum absolute atomic E-state index is 0.0543. The van der Waals surface area contributed by atoms with Gasteiger partial charge in [-0.15, -0.1) is 0 Å². The molecule has 0 unspecified atom stereocenters. The van der Waals surface area contributed by atoms with Gasteiger partial charge in [0.2, 0.25) is 10.0 Å². The van der Waals surface area contributed by atoms with E-state index in [1.54, 1.807) is 6.07 Å².